The van der Waals surface area contributed by atoms with Gasteiger partial charge < -0.3 is 4.42 Å². The molecule has 0 spiro atoms. The second-order valence-corrected chi connectivity index (χ2v) is 10.8. The minimum atomic E-state index is -0.811. The molecule has 0 radical (unpaired) electrons. The van der Waals surface area contributed by atoms with Gasteiger partial charge >= 0.3 is 0 Å². The van der Waals surface area contributed by atoms with Gasteiger partial charge in [0.1, 0.15) is 6.95 Å². The highest BCUT2D eigenvalue weighted by Gasteiger charge is 2.18. The molecule has 0 amide bonds. The zero-order valence-electron chi connectivity index (χ0n) is 40.1. The number of hydrogen-bond acceptors (Lipinski definition) is 1. The number of furan rings is 1. The van der Waals surface area contributed by atoms with Crippen molar-refractivity contribution in [1.29, 1.82) is 0 Å². The molecule has 9 aromatic carbocycles. The molecule has 0 N–H and O–H groups in total. The number of hydrogen-bond donors (Lipinski definition) is 0. The monoisotopic (exact) mass is 587 g/mol. The van der Waals surface area contributed by atoms with Crippen LogP contribution < -0.4 is 0 Å². The zero-order valence-corrected chi connectivity index (χ0v) is 23.1. The highest BCUT2D eigenvalue weighted by Crippen LogP contribution is 2.45. The lowest BCUT2D eigenvalue weighted by molar-refractivity contribution is 0.616. The Bertz CT molecular complexity index is 3630. The third kappa shape index (κ3) is 3.56. The van der Waals surface area contributed by atoms with Crippen molar-refractivity contribution in [3.63, 3.8) is 0 Å². The number of rotatable bonds is 3. The maximum Gasteiger partial charge on any atom is 0.134 e. The summed E-state index contributed by atoms with van der Waals surface area (Å²) in [6, 6.07) is 5.48. The van der Waals surface area contributed by atoms with Crippen LogP contribution in [0.15, 0.2) is 162 Å². The first-order valence-corrected chi connectivity index (χ1v) is 14.1. The van der Waals surface area contributed by atoms with E-state index >= 15 is 0 Å². The van der Waals surface area contributed by atoms with Gasteiger partial charge in [0.15, 0.2) is 0 Å². The maximum atomic E-state index is 9.91. The van der Waals surface area contributed by atoms with Gasteiger partial charge in [0.2, 0.25) is 0 Å². The minimum Gasteiger partial charge on any atom is -0.464 e. The van der Waals surface area contributed by atoms with Crippen LogP contribution >= 0.6 is 0 Å². The second kappa shape index (κ2) is 9.29. The summed E-state index contributed by atoms with van der Waals surface area (Å²) < 4.78 is 159. The molecule has 0 aliphatic rings. The van der Waals surface area contributed by atoms with Gasteiger partial charge in [-0.05, 0) is 105 Å². The van der Waals surface area contributed by atoms with E-state index in [-0.39, 0.29) is 10.9 Å². The van der Waals surface area contributed by atoms with Crippen LogP contribution in [0.3, 0.4) is 0 Å². The Morgan fingerprint density at radius 3 is 1.73 bits per heavy atom. The largest absolute Gasteiger partial charge is 0.464 e. The molecule has 0 bridgehead atoms. The SMILES string of the molecule is [2H]c1oc2c([2H])c(-c3c4c([2H])c([2H])c([2H])c([2H])c4c(-c4c([2H])c([2H])c([2H])c(-c5ccc6ccc7cccc8ccc5c6c78)c4[2H])c4c([2H])c([2H])c([2H])c([2H])c34)c([2H])c([2H])c2c1[2H]. The average Bonchev–Trinajstić information content (AvgIpc) is 3.57. The Morgan fingerprint density at radius 2 is 1.02 bits per heavy atom. The van der Waals surface area contributed by atoms with Crippen LogP contribution in [0.25, 0.3) is 98.2 Å². The molecular formula is C44H26O. The van der Waals surface area contributed by atoms with Crippen molar-refractivity contribution in [2.75, 3.05) is 0 Å². The molecule has 0 aliphatic heterocycles. The van der Waals surface area contributed by atoms with E-state index in [2.05, 4.69) is 0 Å². The fourth-order valence-electron chi connectivity index (χ4n) is 6.49. The average molecular weight is 588 g/mol. The molecule has 0 saturated heterocycles. The van der Waals surface area contributed by atoms with E-state index in [1.807, 2.05) is 48.5 Å². The fourth-order valence-corrected chi connectivity index (χ4v) is 6.49. The van der Waals surface area contributed by atoms with Crippen LogP contribution in [0.1, 0.15) is 23.3 Å². The third-order valence-electron chi connectivity index (χ3n) is 8.41. The summed E-state index contributed by atoms with van der Waals surface area (Å²) in [5, 5.41) is 2.82. The predicted octanol–water partition coefficient (Wildman–Crippen LogP) is 12.6. The fraction of sp³-hybridized carbons (Fsp3) is 0. The topological polar surface area (TPSA) is 13.1 Å². The third-order valence-corrected chi connectivity index (χ3v) is 8.41. The van der Waals surface area contributed by atoms with E-state index in [4.69, 9.17) is 14.0 Å². The van der Waals surface area contributed by atoms with Crippen LogP contribution in [0.5, 0.6) is 0 Å². The molecule has 10 aromatic rings. The first-order chi connectivity index (χ1) is 29.4. The molecule has 1 heterocycles. The first kappa shape index (κ1) is 13.4. The summed E-state index contributed by atoms with van der Waals surface area (Å²) in [7, 11) is 0. The molecule has 45 heavy (non-hydrogen) atoms. The Labute approximate surface area is 283 Å². The van der Waals surface area contributed by atoms with Gasteiger partial charge in [-0.25, -0.2) is 0 Å². The van der Waals surface area contributed by atoms with Gasteiger partial charge in [-0.3, -0.25) is 0 Å². The Kier molecular flexibility index (Phi) is 2.76. The standard InChI is InChI=1S/C44H26O/c1-3-13-37-35(11-1)42(36-12-2-4-14-38(36)43(37)33-18-15-27-23-24-45-40(27)26-33)32-10-6-9-31(25-32)34-21-19-30-17-16-28-7-5-8-29-20-22-39(34)44(30)41(28)29/h1-26H/i1D,2D,3D,4D,6D,9D,10D,11D,12D,13D,14D,15D,18D,23D,24D,25D,26D. The van der Waals surface area contributed by atoms with Crippen LogP contribution in [-0.2, 0) is 0 Å². The van der Waals surface area contributed by atoms with Crippen LogP contribution in [-0.4, -0.2) is 0 Å². The Morgan fingerprint density at radius 1 is 0.422 bits per heavy atom. The molecule has 1 nitrogen and oxygen atoms in total. The molecule has 0 atom stereocenters. The summed E-state index contributed by atoms with van der Waals surface area (Å²) in [5.41, 5.74) is -2.20. The van der Waals surface area contributed by atoms with Gasteiger partial charge in [-0.2, -0.15) is 0 Å². The van der Waals surface area contributed by atoms with Crippen molar-refractivity contribution in [2.24, 2.45) is 0 Å². The molecule has 1 heteroatoms. The molecule has 1 aromatic heterocycles. The van der Waals surface area contributed by atoms with Crippen LogP contribution in [0.2, 0.25) is 0 Å². The van der Waals surface area contributed by atoms with Gasteiger partial charge in [0, 0.05) is 5.39 Å². The van der Waals surface area contributed by atoms with Crippen molar-refractivity contribution in [1.82, 2.24) is 0 Å². The van der Waals surface area contributed by atoms with E-state index in [0.717, 1.165) is 26.9 Å². The summed E-state index contributed by atoms with van der Waals surface area (Å²) in [6.45, 7) is 0. The molecule has 0 unspecified atom stereocenters. The second-order valence-electron chi connectivity index (χ2n) is 10.8. The van der Waals surface area contributed by atoms with Crippen molar-refractivity contribution >= 4 is 64.8 Å². The van der Waals surface area contributed by atoms with E-state index in [1.54, 1.807) is 6.07 Å². The smallest absolute Gasteiger partial charge is 0.134 e. The number of benzene rings is 9. The summed E-state index contributed by atoms with van der Waals surface area (Å²) >= 11 is 0. The number of fused-ring (bicyclic) bond motifs is 3. The van der Waals surface area contributed by atoms with Crippen molar-refractivity contribution in [3.8, 4) is 33.4 Å². The maximum absolute atomic E-state index is 9.91. The van der Waals surface area contributed by atoms with Gasteiger partial charge in [0.25, 0.3) is 0 Å². The molecule has 0 saturated carbocycles. The van der Waals surface area contributed by atoms with E-state index in [9.17, 15) is 13.7 Å². The molecular weight excluding hydrogens is 544 g/mol. The van der Waals surface area contributed by atoms with Crippen LogP contribution in [0, 0.1) is 0 Å². The molecule has 0 fully saturated rings. The molecule has 208 valence electrons. The van der Waals surface area contributed by atoms with Gasteiger partial charge in [-0.1, -0.05) is 133 Å². The Hall–Kier alpha value is -5.92. The first-order valence-electron chi connectivity index (χ1n) is 22.6. The minimum absolute atomic E-state index is 0.118. The van der Waals surface area contributed by atoms with Crippen LogP contribution in [0.4, 0.5) is 0 Å². The van der Waals surface area contributed by atoms with Crippen molar-refractivity contribution < 1.29 is 27.7 Å². The van der Waals surface area contributed by atoms with E-state index in [0.29, 0.717) is 10.9 Å². The van der Waals surface area contributed by atoms with E-state index in [1.165, 1.54) is 0 Å². The molecule has 10 rings (SSSR count). The van der Waals surface area contributed by atoms with Gasteiger partial charge in [0.05, 0.1) is 28.2 Å². The Balaban J connectivity index is 1.46. The lowest BCUT2D eigenvalue weighted by atomic mass is 9.85. The normalized spacial score (nSPS) is 17.3. The van der Waals surface area contributed by atoms with Gasteiger partial charge in [-0.15, -0.1) is 0 Å². The lowest BCUT2D eigenvalue weighted by Crippen LogP contribution is -1.91. The molecule has 0 aliphatic carbocycles. The van der Waals surface area contributed by atoms with Crippen molar-refractivity contribution in [3.05, 3.63) is 158 Å². The highest BCUT2D eigenvalue weighted by atomic mass is 16.3. The van der Waals surface area contributed by atoms with E-state index < -0.39 is 152 Å². The predicted molar refractivity (Wildman–Crippen MR) is 191 cm³/mol. The lowest BCUT2D eigenvalue weighted by Gasteiger charge is -2.18. The summed E-state index contributed by atoms with van der Waals surface area (Å²) in [5.74, 6) is 0. The zero-order chi connectivity index (χ0) is 44.3. The summed E-state index contributed by atoms with van der Waals surface area (Å²) in [4.78, 5) is 0. The highest BCUT2D eigenvalue weighted by molar-refractivity contribution is 6.26. The van der Waals surface area contributed by atoms with Crippen molar-refractivity contribution in [2.45, 2.75) is 0 Å². The quantitative estimate of drug-likeness (QED) is 0.148. The summed E-state index contributed by atoms with van der Waals surface area (Å²) in [6.07, 6.45) is -0.720.